The van der Waals surface area contributed by atoms with Gasteiger partial charge in [-0.3, -0.25) is 0 Å². The Morgan fingerprint density at radius 3 is 2.47 bits per heavy atom. The van der Waals surface area contributed by atoms with E-state index in [2.05, 4.69) is 40.3 Å². The Bertz CT molecular complexity index is 510. The first-order valence-electron chi connectivity index (χ1n) is 6.49. The number of hydrogen-bond donors (Lipinski definition) is 1. The molecule has 0 bridgehead atoms. The second-order valence-electron chi connectivity index (χ2n) is 4.25. The SMILES string of the molecule is CCc1ccc(OCCNc2ccccc2Br)cc1. The number of ether oxygens (including phenoxy) is 1. The van der Waals surface area contributed by atoms with Gasteiger partial charge in [0.1, 0.15) is 12.4 Å². The van der Waals surface area contributed by atoms with Gasteiger partial charge < -0.3 is 10.1 Å². The van der Waals surface area contributed by atoms with Gasteiger partial charge in [-0.15, -0.1) is 0 Å². The molecule has 2 nitrogen and oxygen atoms in total. The Balaban J connectivity index is 1.76. The van der Waals surface area contributed by atoms with Gasteiger partial charge in [-0.25, -0.2) is 0 Å². The lowest BCUT2D eigenvalue weighted by Crippen LogP contribution is -2.11. The van der Waals surface area contributed by atoms with Crippen molar-refractivity contribution in [2.75, 3.05) is 18.5 Å². The molecule has 100 valence electrons. The lowest BCUT2D eigenvalue weighted by molar-refractivity contribution is 0.333. The van der Waals surface area contributed by atoms with Crippen LogP contribution in [0.2, 0.25) is 0 Å². The fraction of sp³-hybridized carbons (Fsp3) is 0.250. The predicted octanol–water partition coefficient (Wildman–Crippen LogP) is 4.50. The van der Waals surface area contributed by atoms with E-state index >= 15 is 0 Å². The molecule has 0 saturated heterocycles. The largest absolute Gasteiger partial charge is 0.492 e. The van der Waals surface area contributed by atoms with Gasteiger partial charge in [-0.2, -0.15) is 0 Å². The predicted molar refractivity (Wildman–Crippen MR) is 83.9 cm³/mol. The topological polar surface area (TPSA) is 21.3 Å². The summed E-state index contributed by atoms with van der Waals surface area (Å²) in [6.07, 6.45) is 1.06. The minimum absolute atomic E-state index is 0.646. The summed E-state index contributed by atoms with van der Waals surface area (Å²) in [5.41, 5.74) is 2.42. The number of para-hydroxylation sites is 1. The summed E-state index contributed by atoms with van der Waals surface area (Å²) < 4.78 is 6.76. The monoisotopic (exact) mass is 319 g/mol. The number of benzene rings is 2. The van der Waals surface area contributed by atoms with Gasteiger partial charge >= 0.3 is 0 Å². The van der Waals surface area contributed by atoms with Crippen LogP contribution in [0.15, 0.2) is 53.0 Å². The summed E-state index contributed by atoms with van der Waals surface area (Å²) in [5, 5.41) is 3.33. The Hall–Kier alpha value is -1.48. The number of aryl methyl sites for hydroxylation is 1. The lowest BCUT2D eigenvalue weighted by Gasteiger charge is -2.10. The summed E-state index contributed by atoms with van der Waals surface area (Å²) in [6.45, 7) is 3.57. The van der Waals surface area contributed by atoms with Gasteiger partial charge in [0.05, 0.1) is 0 Å². The molecular weight excluding hydrogens is 302 g/mol. The van der Waals surface area contributed by atoms with E-state index in [1.54, 1.807) is 0 Å². The lowest BCUT2D eigenvalue weighted by atomic mass is 10.2. The average molecular weight is 320 g/mol. The number of halogens is 1. The summed E-state index contributed by atoms with van der Waals surface area (Å²) in [4.78, 5) is 0. The third-order valence-corrected chi connectivity index (χ3v) is 3.58. The molecule has 0 fully saturated rings. The van der Waals surface area contributed by atoms with Gasteiger partial charge in [0.2, 0.25) is 0 Å². The molecule has 0 unspecified atom stereocenters. The van der Waals surface area contributed by atoms with Crippen molar-refractivity contribution in [3.05, 3.63) is 58.6 Å². The van der Waals surface area contributed by atoms with Crippen molar-refractivity contribution < 1.29 is 4.74 Å². The van der Waals surface area contributed by atoms with Crippen LogP contribution >= 0.6 is 15.9 Å². The Kier molecular flexibility index (Phi) is 5.28. The molecule has 0 spiro atoms. The Labute approximate surface area is 122 Å². The molecule has 0 aliphatic carbocycles. The maximum Gasteiger partial charge on any atom is 0.119 e. The normalized spacial score (nSPS) is 10.2. The highest BCUT2D eigenvalue weighted by atomic mass is 79.9. The zero-order valence-electron chi connectivity index (χ0n) is 11.0. The average Bonchev–Trinajstić information content (AvgIpc) is 2.46. The van der Waals surface area contributed by atoms with E-state index in [1.807, 2.05) is 36.4 Å². The molecule has 0 heterocycles. The van der Waals surface area contributed by atoms with Crippen molar-refractivity contribution in [2.24, 2.45) is 0 Å². The smallest absolute Gasteiger partial charge is 0.119 e. The highest BCUT2D eigenvalue weighted by Gasteiger charge is 1.97. The second kappa shape index (κ2) is 7.19. The number of rotatable bonds is 6. The highest BCUT2D eigenvalue weighted by Crippen LogP contribution is 2.20. The first-order valence-corrected chi connectivity index (χ1v) is 7.29. The maximum atomic E-state index is 5.69. The van der Waals surface area contributed by atoms with Crippen molar-refractivity contribution in [3.63, 3.8) is 0 Å². The molecule has 2 aromatic rings. The standard InChI is InChI=1S/C16H18BrNO/c1-2-13-7-9-14(10-8-13)19-12-11-18-16-6-4-3-5-15(16)17/h3-10,18H,2,11-12H2,1H3. The van der Waals surface area contributed by atoms with Crippen molar-refractivity contribution in [1.82, 2.24) is 0 Å². The summed E-state index contributed by atoms with van der Waals surface area (Å²) in [5.74, 6) is 0.922. The van der Waals surface area contributed by atoms with Crippen molar-refractivity contribution in [3.8, 4) is 5.75 Å². The van der Waals surface area contributed by atoms with Crippen LogP contribution in [0.1, 0.15) is 12.5 Å². The van der Waals surface area contributed by atoms with E-state index < -0.39 is 0 Å². The van der Waals surface area contributed by atoms with Crippen molar-refractivity contribution >= 4 is 21.6 Å². The third-order valence-electron chi connectivity index (χ3n) is 2.89. The van der Waals surface area contributed by atoms with Crippen LogP contribution in [-0.2, 0) is 6.42 Å². The Morgan fingerprint density at radius 1 is 1.05 bits per heavy atom. The molecular formula is C16H18BrNO. The van der Waals surface area contributed by atoms with Crippen LogP contribution in [0.5, 0.6) is 5.75 Å². The molecule has 0 atom stereocenters. The van der Waals surface area contributed by atoms with Gasteiger partial charge in [0.15, 0.2) is 0 Å². The molecule has 1 N–H and O–H groups in total. The summed E-state index contributed by atoms with van der Waals surface area (Å²) in [6, 6.07) is 16.3. The molecule has 0 radical (unpaired) electrons. The summed E-state index contributed by atoms with van der Waals surface area (Å²) in [7, 11) is 0. The summed E-state index contributed by atoms with van der Waals surface area (Å²) >= 11 is 3.51. The molecule has 0 saturated carbocycles. The first-order chi connectivity index (χ1) is 9.29. The van der Waals surface area contributed by atoms with Crippen LogP contribution in [-0.4, -0.2) is 13.2 Å². The van der Waals surface area contributed by atoms with Crippen molar-refractivity contribution in [2.45, 2.75) is 13.3 Å². The fourth-order valence-electron chi connectivity index (χ4n) is 1.78. The van der Waals surface area contributed by atoms with E-state index in [0.717, 1.165) is 28.9 Å². The van der Waals surface area contributed by atoms with E-state index in [9.17, 15) is 0 Å². The fourth-order valence-corrected chi connectivity index (χ4v) is 2.21. The Morgan fingerprint density at radius 2 is 1.79 bits per heavy atom. The zero-order valence-corrected chi connectivity index (χ0v) is 12.6. The van der Waals surface area contributed by atoms with Gasteiger partial charge in [-0.1, -0.05) is 31.2 Å². The van der Waals surface area contributed by atoms with Crippen molar-refractivity contribution in [1.29, 1.82) is 0 Å². The molecule has 0 aliphatic rings. The highest BCUT2D eigenvalue weighted by molar-refractivity contribution is 9.10. The molecule has 2 rings (SSSR count). The van der Waals surface area contributed by atoms with E-state index in [0.29, 0.717) is 6.61 Å². The van der Waals surface area contributed by atoms with Crippen LogP contribution in [0.3, 0.4) is 0 Å². The van der Waals surface area contributed by atoms with Crippen LogP contribution < -0.4 is 10.1 Å². The zero-order chi connectivity index (χ0) is 13.5. The van der Waals surface area contributed by atoms with Crippen LogP contribution in [0, 0.1) is 0 Å². The second-order valence-corrected chi connectivity index (χ2v) is 5.11. The number of nitrogens with one attached hydrogen (secondary N) is 1. The van der Waals surface area contributed by atoms with Crippen LogP contribution in [0.25, 0.3) is 0 Å². The molecule has 3 heteroatoms. The van der Waals surface area contributed by atoms with Crippen LogP contribution in [0.4, 0.5) is 5.69 Å². The molecule has 0 amide bonds. The molecule has 0 aromatic heterocycles. The van der Waals surface area contributed by atoms with E-state index in [4.69, 9.17) is 4.74 Å². The van der Waals surface area contributed by atoms with Gasteiger partial charge in [0.25, 0.3) is 0 Å². The molecule has 2 aromatic carbocycles. The van der Waals surface area contributed by atoms with E-state index in [-0.39, 0.29) is 0 Å². The third kappa shape index (κ3) is 4.28. The first kappa shape index (κ1) is 13.9. The quantitative estimate of drug-likeness (QED) is 0.791. The van der Waals surface area contributed by atoms with E-state index in [1.165, 1.54) is 5.56 Å². The molecule has 19 heavy (non-hydrogen) atoms. The minimum Gasteiger partial charge on any atom is -0.492 e. The van der Waals surface area contributed by atoms with Gasteiger partial charge in [0, 0.05) is 16.7 Å². The molecule has 0 aliphatic heterocycles. The van der Waals surface area contributed by atoms with Gasteiger partial charge in [-0.05, 0) is 52.2 Å². The minimum atomic E-state index is 0.646. The number of anilines is 1. The number of hydrogen-bond acceptors (Lipinski definition) is 2. The maximum absolute atomic E-state index is 5.69.